The van der Waals surface area contributed by atoms with Crippen molar-refractivity contribution in [1.29, 1.82) is 0 Å². The Balaban J connectivity index is 2.75. The van der Waals surface area contributed by atoms with Gasteiger partial charge in [-0.1, -0.05) is 0 Å². The highest BCUT2D eigenvalue weighted by atomic mass is 16.6. The van der Waals surface area contributed by atoms with E-state index in [9.17, 15) is 9.59 Å². The fourth-order valence-electron chi connectivity index (χ4n) is 1.60. The van der Waals surface area contributed by atoms with Crippen LogP contribution in [0.4, 0.5) is 4.79 Å². The van der Waals surface area contributed by atoms with Gasteiger partial charge in [0.15, 0.2) is 0 Å². The number of nitrogens with one attached hydrogen (secondary N) is 1. The third-order valence-electron chi connectivity index (χ3n) is 2.70. The zero-order valence-corrected chi connectivity index (χ0v) is 10.6. The fraction of sp³-hybridized carbons (Fsp3) is 0.818. The Hall–Kier alpha value is -1.14. The van der Waals surface area contributed by atoms with Crippen LogP contribution in [-0.4, -0.2) is 42.9 Å². The minimum absolute atomic E-state index is 0.0833. The Morgan fingerprint density at radius 2 is 2.18 bits per heavy atom. The average molecular weight is 244 g/mol. The molecule has 6 heteroatoms. The van der Waals surface area contributed by atoms with Crippen LogP contribution in [0.3, 0.4) is 0 Å². The molecule has 1 aliphatic rings. The van der Waals surface area contributed by atoms with Crippen molar-refractivity contribution in [2.45, 2.75) is 38.8 Å². The summed E-state index contributed by atoms with van der Waals surface area (Å²) in [5.74, 6) is 0.0833. The lowest BCUT2D eigenvalue weighted by molar-refractivity contribution is -0.154. The van der Waals surface area contributed by atoms with Crippen LogP contribution < -0.4 is 5.43 Å². The van der Waals surface area contributed by atoms with Gasteiger partial charge in [-0.15, -0.1) is 0 Å². The van der Waals surface area contributed by atoms with E-state index in [1.165, 1.54) is 12.1 Å². The van der Waals surface area contributed by atoms with Gasteiger partial charge >= 0.3 is 6.09 Å². The van der Waals surface area contributed by atoms with E-state index in [2.05, 4.69) is 10.2 Å². The number of carbonyl (C=O) groups excluding carboxylic acids is 2. The molecule has 0 radical (unpaired) electrons. The first-order valence-corrected chi connectivity index (χ1v) is 5.73. The first-order valence-electron chi connectivity index (χ1n) is 5.73. The molecule has 17 heavy (non-hydrogen) atoms. The number of rotatable bonds is 1. The van der Waals surface area contributed by atoms with Crippen molar-refractivity contribution < 1.29 is 19.1 Å². The molecule has 0 aromatic carbocycles. The Morgan fingerprint density at radius 3 is 2.82 bits per heavy atom. The van der Waals surface area contributed by atoms with E-state index in [4.69, 9.17) is 4.74 Å². The molecule has 1 aliphatic heterocycles. The molecule has 1 rings (SSSR count). The number of carbonyl (C=O) groups is 2. The molecule has 1 fully saturated rings. The monoisotopic (exact) mass is 244 g/mol. The zero-order chi connectivity index (χ0) is 12.9. The third kappa shape index (κ3) is 4.32. The van der Waals surface area contributed by atoms with Crippen LogP contribution in [0.1, 0.15) is 33.1 Å². The van der Waals surface area contributed by atoms with Gasteiger partial charge in [-0.3, -0.25) is 10.2 Å². The van der Waals surface area contributed by atoms with E-state index in [0.717, 1.165) is 12.8 Å². The van der Waals surface area contributed by atoms with Gasteiger partial charge in [0.1, 0.15) is 11.5 Å². The maximum atomic E-state index is 11.7. The summed E-state index contributed by atoms with van der Waals surface area (Å²) in [7, 11) is 1.28. The number of nitrogens with zero attached hydrogens (tertiary/aromatic N) is 1. The van der Waals surface area contributed by atoms with Crippen molar-refractivity contribution in [1.82, 2.24) is 10.4 Å². The van der Waals surface area contributed by atoms with Crippen LogP contribution in [0.15, 0.2) is 0 Å². The minimum Gasteiger partial charge on any atom is -0.452 e. The molecule has 0 aliphatic carbocycles. The largest absolute Gasteiger partial charge is 0.452 e. The van der Waals surface area contributed by atoms with Gasteiger partial charge in [-0.25, -0.2) is 4.79 Å². The molecule has 1 heterocycles. The van der Waals surface area contributed by atoms with Crippen molar-refractivity contribution >= 4 is 11.9 Å². The minimum atomic E-state index is -0.728. The maximum absolute atomic E-state index is 11.7. The van der Waals surface area contributed by atoms with Crippen LogP contribution in [0, 0.1) is 0 Å². The number of ketones is 1. The highest BCUT2D eigenvalue weighted by molar-refractivity contribution is 5.80. The summed E-state index contributed by atoms with van der Waals surface area (Å²) in [6, 6.07) is 0. The van der Waals surface area contributed by atoms with Crippen LogP contribution in [-0.2, 0) is 14.3 Å². The number of ether oxygens (including phenoxy) is 2. The number of amides is 1. The maximum Gasteiger partial charge on any atom is 0.421 e. The van der Waals surface area contributed by atoms with Crippen LogP contribution in [0.25, 0.3) is 0 Å². The molecule has 98 valence electrons. The molecule has 1 N–H and O–H groups in total. The second-order valence-corrected chi connectivity index (χ2v) is 4.48. The normalized spacial score (nSPS) is 22.2. The lowest BCUT2D eigenvalue weighted by Crippen LogP contribution is -2.57. The van der Waals surface area contributed by atoms with Gasteiger partial charge in [0.2, 0.25) is 0 Å². The number of methoxy groups -OCH3 is 1. The second-order valence-electron chi connectivity index (χ2n) is 4.48. The van der Waals surface area contributed by atoms with E-state index in [1.54, 1.807) is 0 Å². The Labute approximate surface area is 101 Å². The predicted octanol–water partition coefficient (Wildman–Crippen LogP) is 1.07. The molecule has 0 saturated carbocycles. The summed E-state index contributed by atoms with van der Waals surface area (Å²) in [4.78, 5) is 22.9. The Bertz CT molecular complexity index is 291. The Kier molecular flexibility index (Phi) is 4.89. The first-order chi connectivity index (χ1) is 7.95. The predicted molar refractivity (Wildman–Crippen MR) is 61.1 cm³/mol. The molecule has 0 aromatic rings. The number of hydrogen-bond acceptors (Lipinski definition) is 5. The Morgan fingerprint density at radius 1 is 1.47 bits per heavy atom. The molecule has 6 nitrogen and oxygen atoms in total. The SMILES string of the molecule is COC(=O)NN1CC(=O)CCCCOC1(C)C. The van der Waals surface area contributed by atoms with E-state index in [1.807, 2.05) is 13.8 Å². The van der Waals surface area contributed by atoms with Gasteiger partial charge < -0.3 is 9.47 Å². The van der Waals surface area contributed by atoms with E-state index in [-0.39, 0.29) is 12.3 Å². The van der Waals surface area contributed by atoms with Gasteiger partial charge in [0.25, 0.3) is 0 Å². The quantitative estimate of drug-likeness (QED) is 0.747. The molecular weight excluding hydrogens is 224 g/mol. The fourth-order valence-corrected chi connectivity index (χ4v) is 1.60. The van der Waals surface area contributed by atoms with Gasteiger partial charge in [-0.2, -0.15) is 5.01 Å². The molecule has 0 aromatic heterocycles. The van der Waals surface area contributed by atoms with Crippen LogP contribution in [0.2, 0.25) is 0 Å². The zero-order valence-electron chi connectivity index (χ0n) is 10.6. The smallest absolute Gasteiger partial charge is 0.421 e. The van der Waals surface area contributed by atoms with Gasteiger partial charge in [0.05, 0.1) is 13.7 Å². The molecule has 1 saturated heterocycles. The molecule has 0 atom stereocenters. The summed E-state index contributed by atoms with van der Waals surface area (Å²) >= 11 is 0. The number of Topliss-reactive ketones (excluding diaryl/α,β-unsaturated/α-hetero) is 1. The van der Waals surface area contributed by atoms with E-state index < -0.39 is 11.8 Å². The highest BCUT2D eigenvalue weighted by Gasteiger charge is 2.31. The van der Waals surface area contributed by atoms with Crippen LogP contribution >= 0.6 is 0 Å². The summed E-state index contributed by atoms with van der Waals surface area (Å²) in [5.41, 5.74) is 1.78. The number of hydrazine groups is 1. The van der Waals surface area contributed by atoms with Crippen molar-refractivity contribution in [3.8, 4) is 0 Å². The van der Waals surface area contributed by atoms with Crippen molar-refractivity contribution in [3.63, 3.8) is 0 Å². The summed E-state index contributed by atoms with van der Waals surface area (Å²) in [6.45, 7) is 4.31. The number of hydrogen-bond donors (Lipinski definition) is 1. The standard InChI is InChI=1S/C11H20N2O4/c1-11(2)13(12-10(15)16-3)8-9(14)6-4-5-7-17-11/h4-8H2,1-3H3,(H,12,15). The molecule has 0 bridgehead atoms. The van der Waals surface area contributed by atoms with Crippen LogP contribution in [0.5, 0.6) is 0 Å². The highest BCUT2D eigenvalue weighted by Crippen LogP contribution is 2.17. The summed E-state index contributed by atoms with van der Waals surface area (Å²) in [5, 5.41) is 1.48. The molecule has 0 spiro atoms. The van der Waals surface area contributed by atoms with E-state index >= 15 is 0 Å². The molecular formula is C11H20N2O4. The topological polar surface area (TPSA) is 67.9 Å². The third-order valence-corrected chi connectivity index (χ3v) is 2.70. The lowest BCUT2D eigenvalue weighted by atomic mass is 10.2. The summed E-state index contributed by atoms with van der Waals surface area (Å²) in [6.07, 6.45) is 1.58. The van der Waals surface area contributed by atoms with Crippen molar-refractivity contribution in [3.05, 3.63) is 0 Å². The van der Waals surface area contributed by atoms with E-state index in [0.29, 0.717) is 13.0 Å². The van der Waals surface area contributed by atoms with Crippen molar-refractivity contribution in [2.75, 3.05) is 20.3 Å². The second kappa shape index (κ2) is 5.97. The lowest BCUT2D eigenvalue weighted by Gasteiger charge is -2.36. The van der Waals surface area contributed by atoms with Crippen molar-refractivity contribution in [2.24, 2.45) is 0 Å². The average Bonchev–Trinajstić information content (AvgIpc) is 2.31. The molecule has 0 unspecified atom stereocenters. The summed E-state index contributed by atoms with van der Waals surface area (Å²) < 4.78 is 10.2. The van der Waals surface area contributed by atoms with Gasteiger partial charge in [-0.05, 0) is 26.7 Å². The van der Waals surface area contributed by atoms with Gasteiger partial charge in [0, 0.05) is 13.0 Å². The molecule has 1 amide bonds. The first kappa shape index (κ1) is 13.9.